The van der Waals surface area contributed by atoms with E-state index in [0.29, 0.717) is 25.6 Å². The highest BCUT2D eigenvalue weighted by atomic mass is 16.4. The van der Waals surface area contributed by atoms with Crippen LogP contribution in [0.5, 0.6) is 0 Å². The Kier molecular flexibility index (Phi) is 3.91. The number of carbonyl (C=O) groups is 1. The van der Waals surface area contributed by atoms with E-state index in [1.807, 2.05) is 42.0 Å². The summed E-state index contributed by atoms with van der Waals surface area (Å²) in [5.74, 6) is -0.344. The topological polar surface area (TPSA) is 78.3 Å². The molecule has 3 unspecified atom stereocenters. The Morgan fingerprint density at radius 3 is 2.89 bits per heavy atom. The Hall–Kier alpha value is -2.86. The van der Waals surface area contributed by atoms with Crippen LogP contribution in [0.2, 0.25) is 0 Å². The number of fused-ring (bicyclic) bond motifs is 5. The molecule has 1 aromatic carbocycles. The maximum absolute atomic E-state index is 12.3. The van der Waals surface area contributed by atoms with Crippen molar-refractivity contribution in [1.29, 1.82) is 0 Å². The standard InChI is InChI=1S/C22H23N3O3/c1-13-5-6-18-16(7-13)17(9-23-18)21(22(27)28)24-10-14-8-15(12-24)19-3-2-4-20(26)25(19)11-14/h2-7,9,14-15,21,23H,8,10-12H2,1H3,(H,27,28). The third-order valence-corrected chi connectivity index (χ3v) is 6.27. The van der Waals surface area contributed by atoms with Crippen molar-refractivity contribution in [1.82, 2.24) is 14.5 Å². The average molecular weight is 377 g/mol. The molecule has 0 radical (unpaired) electrons. The first kappa shape index (κ1) is 17.3. The summed E-state index contributed by atoms with van der Waals surface area (Å²) in [5, 5.41) is 11.1. The third kappa shape index (κ3) is 2.67. The van der Waals surface area contributed by atoms with E-state index >= 15 is 0 Å². The first-order valence-electron chi connectivity index (χ1n) is 9.75. The van der Waals surface area contributed by atoms with Crippen molar-refractivity contribution < 1.29 is 9.90 Å². The van der Waals surface area contributed by atoms with E-state index in [0.717, 1.165) is 34.1 Å². The highest BCUT2D eigenvalue weighted by molar-refractivity contribution is 5.89. The van der Waals surface area contributed by atoms with Crippen LogP contribution in [0.1, 0.15) is 35.2 Å². The molecule has 3 atom stereocenters. The first-order valence-corrected chi connectivity index (χ1v) is 9.75. The van der Waals surface area contributed by atoms with Gasteiger partial charge in [0.15, 0.2) is 0 Å². The summed E-state index contributed by atoms with van der Waals surface area (Å²) in [6.07, 6.45) is 2.85. The number of pyridine rings is 1. The van der Waals surface area contributed by atoms with Crippen LogP contribution in [0.15, 0.2) is 47.4 Å². The molecule has 0 saturated carbocycles. The molecule has 1 fully saturated rings. The zero-order valence-corrected chi connectivity index (χ0v) is 15.8. The van der Waals surface area contributed by atoms with E-state index in [9.17, 15) is 14.7 Å². The van der Waals surface area contributed by atoms with Gasteiger partial charge in [-0.05, 0) is 37.5 Å². The lowest BCUT2D eigenvalue weighted by Crippen LogP contribution is -2.49. The lowest BCUT2D eigenvalue weighted by atomic mass is 9.82. The summed E-state index contributed by atoms with van der Waals surface area (Å²) < 4.78 is 1.88. The number of aryl methyl sites for hydroxylation is 1. The maximum Gasteiger partial charge on any atom is 0.325 e. The van der Waals surface area contributed by atoms with Gasteiger partial charge in [0.1, 0.15) is 6.04 Å². The normalized spacial score (nSPS) is 22.8. The van der Waals surface area contributed by atoms with Crippen molar-refractivity contribution in [3.63, 3.8) is 0 Å². The number of benzene rings is 1. The van der Waals surface area contributed by atoms with Crippen LogP contribution in [-0.2, 0) is 11.3 Å². The molecule has 2 aliphatic heterocycles. The minimum absolute atomic E-state index is 0.0440. The predicted molar refractivity (Wildman–Crippen MR) is 107 cm³/mol. The van der Waals surface area contributed by atoms with Gasteiger partial charge in [0, 0.05) is 60.0 Å². The van der Waals surface area contributed by atoms with Crippen LogP contribution in [0, 0.1) is 12.8 Å². The number of aromatic nitrogens is 2. The number of aromatic amines is 1. The van der Waals surface area contributed by atoms with Gasteiger partial charge in [-0.1, -0.05) is 17.7 Å². The van der Waals surface area contributed by atoms with Crippen LogP contribution in [-0.4, -0.2) is 38.6 Å². The number of H-pyrrole nitrogens is 1. The lowest BCUT2D eigenvalue weighted by Gasteiger charge is -2.44. The quantitative estimate of drug-likeness (QED) is 0.736. The summed E-state index contributed by atoms with van der Waals surface area (Å²) in [6.45, 7) is 4.02. The Morgan fingerprint density at radius 1 is 1.21 bits per heavy atom. The summed E-state index contributed by atoms with van der Waals surface area (Å²) >= 11 is 0. The van der Waals surface area contributed by atoms with Gasteiger partial charge in [0.05, 0.1) is 0 Å². The average Bonchev–Trinajstić information content (AvgIpc) is 3.05. The third-order valence-electron chi connectivity index (χ3n) is 6.27. The molecule has 6 nitrogen and oxygen atoms in total. The number of carboxylic acids is 1. The van der Waals surface area contributed by atoms with Crippen LogP contribution < -0.4 is 5.56 Å². The number of rotatable bonds is 3. The molecule has 144 valence electrons. The fourth-order valence-corrected chi connectivity index (χ4v) is 5.11. The molecule has 5 rings (SSSR count). The van der Waals surface area contributed by atoms with Crippen molar-refractivity contribution in [3.8, 4) is 0 Å². The van der Waals surface area contributed by atoms with E-state index < -0.39 is 12.0 Å². The molecular weight excluding hydrogens is 354 g/mol. The number of nitrogens with one attached hydrogen (secondary N) is 1. The largest absolute Gasteiger partial charge is 0.480 e. The molecule has 1 saturated heterocycles. The van der Waals surface area contributed by atoms with Crippen molar-refractivity contribution in [2.24, 2.45) is 5.92 Å². The van der Waals surface area contributed by atoms with Gasteiger partial charge >= 0.3 is 5.97 Å². The van der Waals surface area contributed by atoms with Crippen LogP contribution in [0.25, 0.3) is 10.9 Å². The second-order valence-corrected chi connectivity index (χ2v) is 8.19. The molecule has 2 N–H and O–H groups in total. The Bertz CT molecular complexity index is 1130. The molecule has 28 heavy (non-hydrogen) atoms. The molecular formula is C22H23N3O3. The predicted octanol–water partition coefficient (Wildman–Crippen LogP) is 2.88. The van der Waals surface area contributed by atoms with E-state index in [4.69, 9.17) is 0 Å². The number of nitrogens with zero attached hydrogens (tertiary/aromatic N) is 2. The fourth-order valence-electron chi connectivity index (χ4n) is 5.11. The van der Waals surface area contributed by atoms with Gasteiger partial charge in [-0.15, -0.1) is 0 Å². The first-order chi connectivity index (χ1) is 13.5. The van der Waals surface area contributed by atoms with Gasteiger partial charge < -0.3 is 14.7 Å². The SMILES string of the molecule is Cc1ccc2[nH]cc(C(C(=O)O)N3CC4CC(C3)c3cccc(=O)n3C4)c2c1. The van der Waals surface area contributed by atoms with Gasteiger partial charge in [-0.3, -0.25) is 14.5 Å². The Balaban J connectivity index is 1.55. The molecule has 3 aromatic rings. The molecule has 2 aromatic heterocycles. The summed E-state index contributed by atoms with van der Waals surface area (Å²) in [6, 6.07) is 10.8. The Labute approximate surface area is 162 Å². The van der Waals surface area contributed by atoms with Gasteiger partial charge in [0.25, 0.3) is 5.56 Å². The van der Waals surface area contributed by atoms with Gasteiger partial charge in [-0.2, -0.15) is 0 Å². The van der Waals surface area contributed by atoms with Crippen molar-refractivity contribution >= 4 is 16.9 Å². The van der Waals surface area contributed by atoms with Crippen LogP contribution >= 0.6 is 0 Å². The van der Waals surface area contributed by atoms with E-state index in [1.165, 1.54) is 0 Å². The zero-order valence-electron chi connectivity index (χ0n) is 15.8. The molecule has 4 heterocycles. The van der Waals surface area contributed by atoms with Gasteiger partial charge in [0.2, 0.25) is 0 Å². The summed E-state index contributed by atoms with van der Waals surface area (Å²) in [4.78, 5) is 29.9. The maximum atomic E-state index is 12.3. The number of aliphatic carboxylic acids is 1. The van der Waals surface area contributed by atoms with E-state index in [1.54, 1.807) is 6.07 Å². The fraction of sp³-hybridized carbons (Fsp3) is 0.364. The molecule has 2 bridgehead atoms. The summed E-state index contributed by atoms with van der Waals surface area (Å²) in [5.41, 5.74) is 3.97. The molecule has 6 heteroatoms. The van der Waals surface area contributed by atoms with Crippen molar-refractivity contribution in [3.05, 3.63) is 69.8 Å². The van der Waals surface area contributed by atoms with E-state index in [2.05, 4.69) is 16.0 Å². The molecule has 0 spiro atoms. The van der Waals surface area contributed by atoms with Crippen molar-refractivity contribution in [2.75, 3.05) is 13.1 Å². The molecule has 0 amide bonds. The minimum Gasteiger partial charge on any atom is -0.480 e. The number of carboxylic acid groups (broad SMARTS) is 1. The monoisotopic (exact) mass is 377 g/mol. The summed E-state index contributed by atoms with van der Waals surface area (Å²) in [7, 11) is 0. The second-order valence-electron chi connectivity index (χ2n) is 8.19. The van der Waals surface area contributed by atoms with Crippen LogP contribution in [0.4, 0.5) is 0 Å². The highest BCUT2D eigenvalue weighted by Crippen LogP contribution is 2.39. The second kappa shape index (κ2) is 6.34. The Morgan fingerprint density at radius 2 is 2.07 bits per heavy atom. The smallest absolute Gasteiger partial charge is 0.325 e. The molecule has 2 aliphatic rings. The highest BCUT2D eigenvalue weighted by Gasteiger charge is 2.40. The molecule has 0 aliphatic carbocycles. The number of likely N-dealkylation sites (tertiary alicyclic amines) is 1. The van der Waals surface area contributed by atoms with Crippen LogP contribution in [0.3, 0.4) is 0 Å². The lowest BCUT2D eigenvalue weighted by molar-refractivity contribution is -0.144. The minimum atomic E-state index is -0.826. The van der Waals surface area contributed by atoms with Gasteiger partial charge in [-0.25, -0.2) is 0 Å². The number of hydrogen-bond donors (Lipinski definition) is 2. The number of piperidine rings is 1. The number of hydrogen-bond acceptors (Lipinski definition) is 3. The van der Waals surface area contributed by atoms with Crippen molar-refractivity contribution in [2.45, 2.75) is 31.8 Å². The van der Waals surface area contributed by atoms with E-state index in [-0.39, 0.29) is 11.5 Å². The zero-order chi connectivity index (χ0) is 19.4.